The third-order valence-corrected chi connectivity index (χ3v) is 7.91. The van der Waals surface area contributed by atoms with Gasteiger partial charge in [-0.2, -0.15) is 0 Å². The maximum Gasteiger partial charge on any atom is 0.255 e. The van der Waals surface area contributed by atoms with E-state index in [1.165, 1.54) is 18.2 Å². The lowest BCUT2D eigenvalue weighted by molar-refractivity contribution is 0.102. The lowest BCUT2D eigenvalue weighted by Crippen LogP contribution is -2.55. The van der Waals surface area contributed by atoms with E-state index < -0.39 is 17.5 Å². The fraction of sp³-hybridized carbons (Fsp3) is 0.433. The van der Waals surface area contributed by atoms with Crippen LogP contribution in [0.3, 0.4) is 0 Å². The second-order valence-electron chi connectivity index (χ2n) is 10.6. The third kappa shape index (κ3) is 5.93. The van der Waals surface area contributed by atoms with Gasteiger partial charge in [0.2, 0.25) is 5.95 Å². The van der Waals surface area contributed by atoms with Gasteiger partial charge < -0.3 is 19.9 Å². The van der Waals surface area contributed by atoms with Gasteiger partial charge in [0, 0.05) is 67.3 Å². The van der Waals surface area contributed by atoms with Crippen LogP contribution >= 0.6 is 0 Å². The van der Waals surface area contributed by atoms with E-state index in [2.05, 4.69) is 46.0 Å². The molecule has 2 fully saturated rings. The molecule has 212 valence electrons. The van der Waals surface area contributed by atoms with E-state index in [9.17, 15) is 9.18 Å². The molecule has 2 aliphatic heterocycles. The van der Waals surface area contributed by atoms with Crippen LogP contribution in [0.1, 0.15) is 36.7 Å². The number of anilines is 3. The number of carbonyl (C=O) groups excluding carboxylic acids is 1. The summed E-state index contributed by atoms with van der Waals surface area (Å²) in [5, 5.41) is 2.95. The summed E-state index contributed by atoms with van der Waals surface area (Å²) < 4.78 is 35.4. The van der Waals surface area contributed by atoms with Crippen molar-refractivity contribution >= 4 is 23.2 Å². The van der Waals surface area contributed by atoms with Crippen molar-refractivity contribution in [3.8, 4) is 11.1 Å². The number of piperazine rings is 1. The highest BCUT2D eigenvalue weighted by Gasteiger charge is 2.29. The second-order valence-corrected chi connectivity index (χ2v) is 10.6. The van der Waals surface area contributed by atoms with Crippen molar-refractivity contribution in [2.75, 3.05) is 61.6 Å². The van der Waals surface area contributed by atoms with E-state index in [1.54, 1.807) is 24.5 Å². The van der Waals surface area contributed by atoms with Gasteiger partial charge in [-0.25, -0.2) is 18.7 Å². The minimum absolute atomic E-state index is 0.215. The topological polar surface area (TPSA) is 73.8 Å². The van der Waals surface area contributed by atoms with E-state index in [0.717, 1.165) is 5.56 Å². The number of aryl methyl sites for hydroxylation is 1. The van der Waals surface area contributed by atoms with Crippen molar-refractivity contribution in [2.45, 2.75) is 39.3 Å². The molecule has 0 radical (unpaired) electrons. The molecule has 40 heavy (non-hydrogen) atoms. The Kier molecular flexibility index (Phi) is 8.27. The zero-order valence-corrected chi connectivity index (χ0v) is 23.5. The number of halogens is 2. The van der Waals surface area contributed by atoms with Crippen LogP contribution in [0.15, 0.2) is 42.7 Å². The van der Waals surface area contributed by atoms with Gasteiger partial charge >= 0.3 is 0 Å². The van der Waals surface area contributed by atoms with Gasteiger partial charge in [-0.3, -0.25) is 9.69 Å². The van der Waals surface area contributed by atoms with Crippen molar-refractivity contribution in [2.24, 2.45) is 0 Å². The average molecular weight is 551 g/mol. The molecule has 2 saturated heterocycles. The Hall–Kier alpha value is -3.63. The SMILES string of the molecule is CCc1cc(F)cc(C(=O)Nc2cc(-c3cnc(N4CCOCC4)nc3)c(F)cc2N2C[C@@H](C)N(C)[C@@H](C)C2)c1. The lowest BCUT2D eigenvalue weighted by atomic mass is 10.0. The fourth-order valence-electron chi connectivity index (χ4n) is 5.31. The first-order valence-electron chi connectivity index (χ1n) is 13.8. The van der Waals surface area contributed by atoms with E-state index in [4.69, 9.17) is 4.74 Å². The van der Waals surface area contributed by atoms with Crippen LogP contribution in [0, 0.1) is 11.6 Å². The molecule has 0 spiro atoms. The number of benzene rings is 2. The van der Waals surface area contributed by atoms with Gasteiger partial charge in [0.1, 0.15) is 11.6 Å². The number of ether oxygens (including phenoxy) is 1. The van der Waals surface area contributed by atoms with Gasteiger partial charge in [0.25, 0.3) is 5.91 Å². The molecule has 0 saturated carbocycles. The molecule has 0 unspecified atom stereocenters. The van der Waals surface area contributed by atoms with Gasteiger partial charge in [-0.1, -0.05) is 6.92 Å². The lowest BCUT2D eigenvalue weighted by Gasteiger charge is -2.44. The van der Waals surface area contributed by atoms with Crippen molar-refractivity contribution in [1.82, 2.24) is 14.9 Å². The number of amides is 1. The van der Waals surface area contributed by atoms with Crippen molar-refractivity contribution in [1.29, 1.82) is 0 Å². The highest BCUT2D eigenvalue weighted by atomic mass is 19.1. The van der Waals surface area contributed by atoms with Crippen LogP contribution in [-0.4, -0.2) is 79.3 Å². The molecule has 3 aromatic rings. The smallest absolute Gasteiger partial charge is 0.255 e. The Bertz CT molecular complexity index is 1350. The maximum atomic E-state index is 15.7. The molecule has 0 aliphatic carbocycles. The number of rotatable bonds is 6. The number of carbonyl (C=O) groups is 1. The Morgan fingerprint density at radius 3 is 2.33 bits per heavy atom. The summed E-state index contributed by atoms with van der Waals surface area (Å²) in [5.74, 6) is -0.796. The maximum absolute atomic E-state index is 15.7. The standard InChI is InChI=1S/C30H36F2N6O2/c1-5-21-10-22(12-24(31)11-21)29(39)35-27-13-25(23-15-33-30(34-16-23)37-6-8-40-9-7-37)26(32)14-28(27)38-17-19(2)36(4)20(3)18-38/h10-16,19-20H,5-9,17-18H2,1-4H3,(H,35,39)/t19-,20+. The normalized spacial score (nSPS) is 20.1. The summed E-state index contributed by atoms with van der Waals surface area (Å²) in [5.41, 5.74) is 2.74. The van der Waals surface area contributed by atoms with Crippen LogP contribution in [-0.2, 0) is 11.2 Å². The zero-order valence-electron chi connectivity index (χ0n) is 23.5. The number of hydrogen-bond donors (Lipinski definition) is 1. The van der Waals surface area contributed by atoms with Crippen LogP contribution in [0.4, 0.5) is 26.1 Å². The summed E-state index contributed by atoms with van der Waals surface area (Å²) >= 11 is 0. The molecule has 3 heterocycles. The molecule has 1 N–H and O–H groups in total. The van der Waals surface area contributed by atoms with Crippen LogP contribution in [0.5, 0.6) is 0 Å². The van der Waals surface area contributed by atoms with Gasteiger partial charge in [0.15, 0.2) is 0 Å². The number of aromatic nitrogens is 2. The zero-order chi connectivity index (χ0) is 28.4. The predicted molar refractivity (Wildman–Crippen MR) is 153 cm³/mol. The number of morpholine rings is 1. The minimum Gasteiger partial charge on any atom is -0.378 e. The van der Waals surface area contributed by atoms with E-state index >= 15 is 4.39 Å². The highest BCUT2D eigenvalue weighted by molar-refractivity contribution is 6.06. The van der Waals surface area contributed by atoms with Crippen LogP contribution in [0.2, 0.25) is 0 Å². The van der Waals surface area contributed by atoms with E-state index in [1.807, 2.05) is 11.8 Å². The first-order chi connectivity index (χ1) is 19.2. The molecule has 1 aromatic heterocycles. The molecule has 1 amide bonds. The molecule has 0 bridgehead atoms. The molecule has 2 aliphatic rings. The molecular weight excluding hydrogens is 514 g/mol. The number of hydrogen-bond acceptors (Lipinski definition) is 7. The molecule has 5 rings (SSSR count). The van der Waals surface area contributed by atoms with Crippen molar-refractivity contribution in [3.05, 3.63) is 65.5 Å². The molecular formula is C30H36F2N6O2. The fourth-order valence-corrected chi connectivity index (χ4v) is 5.31. The predicted octanol–water partition coefficient (Wildman–Crippen LogP) is 4.60. The largest absolute Gasteiger partial charge is 0.378 e. The Balaban J connectivity index is 1.51. The summed E-state index contributed by atoms with van der Waals surface area (Å²) in [6, 6.07) is 7.87. The molecule has 2 atom stereocenters. The first-order valence-corrected chi connectivity index (χ1v) is 13.8. The molecule has 2 aromatic carbocycles. The third-order valence-electron chi connectivity index (χ3n) is 7.91. The van der Waals surface area contributed by atoms with E-state index in [-0.39, 0.29) is 23.2 Å². The van der Waals surface area contributed by atoms with Crippen LogP contribution in [0.25, 0.3) is 11.1 Å². The summed E-state index contributed by atoms with van der Waals surface area (Å²) in [4.78, 5) is 28.7. The first kappa shape index (κ1) is 27.9. The number of nitrogens with one attached hydrogen (secondary N) is 1. The minimum atomic E-state index is -0.469. The van der Waals surface area contributed by atoms with Crippen molar-refractivity contribution in [3.63, 3.8) is 0 Å². The second kappa shape index (κ2) is 11.9. The van der Waals surface area contributed by atoms with E-state index in [0.29, 0.717) is 68.7 Å². The molecule has 10 heteroatoms. The Labute approximate surface area is 234 Å². The summed E-state index contributed by atoms with van der Waals surface area (Å²) in [7, 11) is 2.08. The number of nitrogens with zero attached hydrogens (tertiary/aromatic N) is 5. The highest BCUT2D eigenvalue weighted by Crippen LogP contribution is 2.36. The number of likely N-dealkylation sites (N-methyl/N-ethyl adjacent to an activating group) is 1. The monoisotopic (exact) mass is 550 g/mol. The van der Waals surface area contributed by atoms with Crippen LogP contribution < -0.4 is 15.1 Å². The molecule has 8 nitrogen and oxygen atoms in total. The Morgan fingerprint density at radius 1 is 1.00 bits per heavy atom. The van der Waals surface area contributed by atoms with Gasteiger partial charge in [-0.05, 0) is 63.2 Å². The Morgan fingerprint density at radius 2 is 1.68 bits per heavy atom. The van der Waals surface area contributed by atoms with Gasteiger partial charge in [0.05, 0.1) is 24.6 Å². The average Bonchev–Trinajstić information content (AvgIpc) is 2.96. The summed E-state index contributed by atoms with van der Waals surface area (Å²) in [6.45, 7) is 10.1. The summed E-state index contributed by atoms with van der Waals surface area (Å²) in [6.07, 6.45) is 3.80. The van der Waals surface area contributed by atoms with Gasteiger partial charge in [-0.15, -0.1) is 0 Å². The quantitative estimate of drug-likeness (QED) is 0.481. The van der Waals surface area contributed by atoms with Crippen molar-refractivity contribution < 1.29 is 18.3 Å².